The lowest BCUT2D eigenvalue weighted by Gasteiger charge is -2.13. The SMILES string of the molecule is COc1cc(/C=N/NC(=O)CCn2c(-c3ccccc3)c(-c3ccccc3)c3cccc(C)c32)ccc1O. The molecular weight excluding hydrogens is 474 g/mol. The highest BCUT2D eigenvalue weighted by Crippen LogP contribution is 2.42. The van der Waals surface area contributed by atoms with E-state index >= 15 is 0 Å². The van der Waals surface area contributed by atoms with Gasteiger partial charge in [0.25, 0.3) is 0 Å². The number of hydrogen-bond acceptors (Lipinski definition) is 4. The number of ether oxygens (including phenoxy) is 1. The first-order valence-electron chi connectivity index (χ1n) is 12.5. The zero-order valence-electron chi connectivity index (χ0n) is 21.4. The van der Waals surface area contributed by atoms with Gasteiger partial charge >= 0.3 is 0 Å². The highest BCUT2D eigenvalue weighted by molar-refractivity contribution is 6.05. The molecule has 1 heterocycles. The lowest BCUT2D eigenvalue weighted by molar-refractivity contribution is -0.121. The topological polar surface area (TPSA) is 75.8 Å². The summed E-state index contributed by atoms with van der Waals surface area (Å²) in [6, 6.07) is 31.9. The van der Waals surface area contributed by atoms with E-state index in [-0.39, 0.29) is 18.1 Å². The molecule has 0 aliphatic rings. The van der Waals surface area contributed by atoms with E-state index in [1.807, 2.05) is 24.3 Å². The van der Waals surface area contributed by atoms with Gasteiger partial charge in [0.05, 0.1) is 24.5 Å². The van der Waals surface area contributed by atoms with Gasteiger partial charge in [-0.25, -0.2) is 5.43 Å². The molecule has 0 radical (unpaired) electrons. The number of nitrogens with zero attached hydrogens (tertiary/aromatic N) is 2. The van der Waals surface area contributed by atoms with Crippen LogP contribution in [0.2, 0.25) is 0 Å². The molecule has 1 aromatic heterocycles. The molecule has 2 N–H and O–H groups in total. The van der Waals surface area contributed by atoms with E-state index in [0.29, 0.717) is 17.9 Å². The van der Waals surface area contributed by atoms with Gasteiger partial charge in [-0.1, -0.05) is 78.9 Å². The molecule has 0 fully saturated rings. The second kappa shape index (κ2) is 11.0. The number of carbonyl (C=O) groups excluding carboxylic acids is 1. The van der Waals surface area contributed by atoms with Crippen molar-refractivity contribution in [2.75, 3.05) is 7.11 Å². The van der Waals surface area contributed by atoms with E-state index in [1.165, 1.54) is 19.4 Å². The molecule has 0 saturated heterocycles. The van der Waals surface area contributed by atoms with E-state index < -0.39 is 0 Å². The average molecular weight is 504 g/mol. The molecule has 0 aliphatic carbocycles. The van der Waals surface area contributed by atoms with Gasteiger partial charge in [0.2, 0.25) is 5.91 Å². The third kappa shape index (κ3) is 5.02. The molecule has 0 saturated carbocycles. The van der Waals surface area contributed by atoms with Gasteiger partial charge in [0, 0.05) is 23.9 Å². The minimum Gasteiger partial charge on any atom is -0.504 e. The number of aromatic nitrogens is 1. The molecule has 4 aromatic carbocycles. The predicted octanol–water partition coefficient (Wildman–Crippen LogP) is 6.54. The minimum atomic E-state index is -0.192. The van der Waals surface area contributed by atoms with Crippen LogP contribution < -0.4 is 10.2 Å². The van der Waals surface area contributed by atoms with Crippen molar-refractivity contribution < 1.29 is 14.6 Å². The number of rotatable bonds is 8. The Labute approximate surface area is 221 Å². The lowest BCUT2D eigenvalue weighted by atomic mass is 9.98. The Kier molecular flexibility index (Phi) is 7.22. The number of para-hydroxylation sites is 1. The fourth-order valence-corrected chi connectivity index (χ4v) is 4.83. The standard InChI is InChI=1S/C32H29N3O3/c1-22-10-9-15-26-30(24-11-5-3-6-12-24)32(25-13-7-4-8-14-25)35(31(22)26)19-18-29(37)34-33-21-23-16-17-27(36)28(20-23)38-2/h3-17,20-21,36H,18-19H2,1-2H3,(H,34,37)/b33-21+. The quantitative estimate of drug-likeness (QED) is 0.187. The van der Waals surface area contributed by atoms with Crippen molar-refractivity contribution in [3.8, 4) is 33.9 Å². The van der Waals surface area contributed by atoms with Crippen LogP contribution in [0.15, 0.2) is 102 Å². The predicted molar refractivity (Wildman–Crippen MR) is 153 cm³/mol. The van der Waals surface area contributed by atoms with Crippen LogP contribution in [0.5, 0.6) is 11.5 Å². The van der Waals surface area contributed by atoms with Gasteiger partial charge in [-0.05, 0) is 47.4 Å². The summed E-state index contributed by atoms with van der Waals surface area (Å²) in [7, 11) is 1.48. The first-order chi connectivity index (χ1) is 18.6. The van der Waals surface area contributed by atoms with Crippen molar-refractivity contribution in [3.63, 3.8) is 0 Å². The Hall–Kier alpha value is -4.84. The smallest absolute Gasteiger partial charge is 0.241 e. The van der Waals surface area contributed by atoms with Crippen molar-refractivity contribution in [1.29, 1.82) is 0 Å². The summed E-state index contributed by atoms with van der Waals surface area (Å²) in [4.78, 5) is 12.8. The van der Waals surface area contributed by atoms with Crippen LogP contribution in [-0.2, 0) is 11.3 Å². The second-order valence-corrected chi connectivity index (χ2v) is 9.05. The molecule has 6 heteroatoms. The number of aryl methyl sites for hydroxylation is 2. The molecule has 1 amide bonds. The number of amides is 1. The lowest BCUT2D eigenvalue weighted by Crippen LogP contribution is -2.19. The number of fused-ring (bicyclic) bond motifs is 1. The van der Waals surface area contributed by atoms with Crippen LogP contribution in [0, 0.1) is 6.92 Å². The Morgan fingerprint density at radius 2 is 1.66 bits per heavy atom. The van der Waals surface area contributed by atoms with Gasteiger partial charge in [0.15, 0.2) is 11.5 Å². The highest BCUT2D eigenvalue weighted by Gasteiger charge is 2.21. The molecule has 5 rings (SSSR count). The molecular formula is C32H29N3O3. The van der Waals surface area contributed by atoms with Crippen molar-refractivity contribution in [3.05, 3.63) is 108 Å². The molecule has 0 spiro atoms. The Balaban J connectivity index is 1.47. The maximum absolute atomic E-state index is 12.8. The summed E-state index contributed by atoms with van der Waals surface area (Å²) >= 11 is 0. The van der Waals surface area contributed by atoms with E-state index in [0.717, 1.165) is 38.9 Å². The maximum atomic E-state index is 12.8. The van der Waals surface area contributed by atoms with Gasteiger partial charge in [0.1, 0.15) is 0 Å². The second-order valence-electron chi connectivity index (χ2n) is 9.05. The molecule has 6 nitrogen and oxygen atoms in total. The zero-order chi connectivity index (χ0) is 26.5. The first-order valence-corrected chi connectivity index (χ1v) is 12.5. The number of nitrogens with one attached hydrogen (secondary N) is 1. The summed E-state index contributed by atoms with van der Waals surface area (Å²) < 4.78 is 7.39. The molecule has 0 aliphatic heterocycles. The van der Waals surface area contributed by atoms with E-state index in [4.69, 9.17) is 4.74 Å². The summed E-state index contributed by atoms with van der Waals surface area (Å²) in [5.74, 6) is 0.201. The Bertz CT molecular complexity index is 1610. The van der Waals surface area contributed by atoms with E-state index in [9.17, 15) is 9.90 Å². The van der Waals surface area contributed by atoms with E-state index in [2.05, 4.69) is 76.6 Å². The van der Waals surface area contributed by atoms with Crippen LogP contribution >= 0.6 is 0 Å². The number of benzene rings is 4. The monoisotopic (exact) mass is 503 g/mol. The van der Waals surface area contributed by atoms with E-state index in [1.54, 1.807) is 12.1 Å². The normalized spacial score (nSPS) is 11.2. The summed E-state index contributed by atoms with van der Waals surface area (Å²) in [6.07, 6.45) is 1.78. The summed E-state index contributed by atoms with van der Waals surface area (Å²) in [6.45, 7) is 2.60. The minimum absolute atomic E-state index is 0.0482. The van der Waals surface area contributed by atoms with Crippen LogP contribution in [-0.4, -0.2) is 28.9 Å². The molecule has 5 aromatic rings. The number of phenols is 1. The summed E-state index contributed by atoms with van der Waals surface area (Å²) in [5, 5.41) is 15.0. The van der Waals surface area contributed by atoms with Crippen molar-refractivity contribution >= 4 is 23.0 Å². The van der Waals surface area contributed by atoms with Crippen molar-refractivity contribution in [2.45, 2.75) is 19.9 Å². The fourth-order valence-electron chi connectivity index (χ4n) is 4.83. The van der Waals surface area contributed by atoms with Crippen LogP contribution in [0.25, 0.3) is 33.3 Å². The van der Waals surface area contributed by atoms with Gasteiger partial charge < -0.3 is 14.4 Å². The van der Waals surface area contributed by atoms with Gasteiger partial charge in [-0.2, -0.15) is 5.10 Å². The number of carbonyl (C=O) groups is 1. The number of phenolic OH excluding ortho intramolecular Hbond substituents is 1. The Morgan fingerprint density at radius 3 is 2.37 bits per heavy atom. The average Bonchev–Trinajstić information content (AvgIpc) is 3.29. The summed E-state index contributed by atoms with van der Waals surface area (Å²) in [5.41, 5.74) is 10.1. The third-order valence-corrected chi connectivity index (χ3v) is 6.56. The van der Waals surface area contributed by atoms with Crippen LogP contribution in [0.1, 0.15) is 17.5 Å². The fraction of sp³-hybridized carbons (Fsp3) is 0.125. The zero-order valence-corrected chi connectivity index (χ0v) is 21.4. The number of aromatic hydroxyl groups is 1. The number of hydrazone groups is 1. The van der Waals surface area contributed by atoms with Crippen molar-refractivity contribution in [2.24, 2.45) is 5.10 Å². The largest absolute Gasteiger partial charge is 0.504 e. The van der Waals surface area contributed by atoms with Gasteiger partial charge in [-0.3, -0.25) is 4.79 Å². The highest BCUT2D eigenvalue weighted by atomic mass is 16.5. The third-order valence-electron chi connectivity index (χ3n) is 6.56. The van der Waals surface area contributed by atoms with Crippen LogP contribution in [0.4, 0.5) is 0 Å². The first kappa shape index (κ1) is 24.8. The number of methoxy groups -OCH3 is 1. The van der Waals surface area contributed by atoms with Crippen molar-refractivity contribution in [1.82, 2.24) is 9.99 Å². The van der Waals surface area contributed by atoms with Gasteiger partial charge in [-0.15, -0.1) is 0 Å². The molecule has 38 heavy (non-hydrogen) atoms. The molecule has 0 bridgehead atoms. The number of hydrogen-bond donors (Lipinski definition) is 2. The maximum Gasteiger partial charge on any atom is 0.241 e. The molecule has 0 unspecified atom stereocenters. The Morgan fingerprint density at radius 1 is 0.947 bits per heavy atom. The van der Waals surface area contributed by atoms with Crippen LogP contribution in [0.3, 0.4) is 0 Å². The molecule has 0 atom stereocenters. The molecule has 190 valence electrons.